The van der Waals surface area contributed by atoms with Crippen molar-refractivity contribution in [2.75, 3.05) is 6.61 Å². The Balaban J connectivity index is 2.05. The van der Waals surface area contributed by atoms with Crippen molar-refractivity contribution in [1.29, 1.82) is 0 Å². The van der Waals surface area contributed by atoms with Gasteiger partial charge < -0.3 is 4.74 Å². The highest BCUT2D eigenvalue weighted by Gasteiger charge is 1.97. The van der Waals surface area contributed by atoms with Crippen LogP contribution in [-0.2, 0) is 0 Å². The molecule has 0 bridgehead atoms. The molecule has 1 rings (SSSR count). The molecule has 0 aliphatic rings. The minimum Gasteiger partial charge on any atom is -0.494 e. The maximum Gasteiger partial charge on any atom is 0.119 e. The van der Waals surface area contributed by atoms with Gasteiger partial charge in [0.05, 0.1) is 11.3 Å². The summed E-state index contributed by atoms with van der Waals surface area (Å²) < 4.78 is 5.54. The fourth-order valence-electron chi connectivity index (χ4n) is 1.31. The molecule has 1 aromatic rings. The molecule has 0 aliphatic heterocycles. The van der Waals surface area contributed by atoms with Gasteiger partial charge in [-0.2, -0.15) is 12.6 Å². The van der Waals surface area contributed by atoms with Crippen LogP contribution in [0.15, 0.2) is 24.3 Å². The van der Waals surface area contributed by atoms with E-state index in [1.807, 2.05) is 24.3 Å². The van der Waals surface area contributed by atoms with Crippen molar-refractivity contribution in [2.45, 2.75) is 30.4 Å². The molecule has 0 aromatic heterocycles. The summed E-state index contributed by atoms with van der Waals surface area (Å²) in [5.74, 6) is 0.869. The summed E-state index contributed by atoms with van der Waals surface area (Å²) in [7, 11) is 0. The van der Waals surface area contributed by atoms with Crippen molar-refractivity contribution in [3.63, 3.8) is 0 Å². The fourth-order valence-corrected chi connectivity index (χ4v) is 1.78. The van der Waals surface area contributed by atoms with Crippen LogP contribution in [0.2, 0.25) is 5.02 Å². The van der Waals surface area contributed by atoms with E-state index in [1.54, 1.807) is 0 Å². The van der Waals surface area contributed by atoms with Crippen LogP contribution in [0.4, 0.5) is 0 Å². The molecule has 0 fully saturated rings. The van der Waals surface area contributed by atoms with Crippen molar-refractivity contribution in [3.05, 3.63) is 29.3 Å². The third-order valence-corrected chi connectivity index (χ3v) is 2.90. The molecule has 0 saturated carbocycles. The number of benzene rings is 1. The molecule has 16 heavy (non-hydrogen) atoms. The molecule has 0 aliphatic carbocycles. The number of thiol groups is 1. The van der Waals surface area contributed by atoms with Gasteiger partial charge in [0.25, 0.3) is 0 Å². The van der Waals surface area contributed by atoms with Gasteiger partial charge in [-0.25, -0.2) is 0 Å². The zero-order chi connectivity index (χ0) is 11.8. The van der Waals surface area contributed by atoms with E-state index in [0.717, 1.165) is 43.1 Å². The monoisotopic (exact) mass is 278 g/mol. The average molecular weight is 279 g/mol. The Kier molecular flexibility index (Phi) is 7.10. The summed E-state index contributed by atoms with van der Waals surface area (Å²) in [5, 5.41) is 0.731. The molecule has 0 amide bonds. The first-order chi connectivity index (χ1) is 7.68. The van der Waals surface area contributed by atoms with E-state index in [4.69, 9.17) is 27.9 Å². The Morgan fingerprint density at radius 2 is 1.81 bits per heavy atom. The molecule has 90 valence electrons. The van der Waals surface area contributed by atoms with Crippen LogP contribution in [0.25, 0.3) is 0 Å². The molecule has 1 nitrogen and oxygen atoms in total. The van der Waals surface area contributed by atoms with Crippen LogP contribution in [0.5, 0.6) is 5.75 Å². The van der Waals surface area contributed by atoms with Crippen LogP contribution in [0.1, 0.15) is 25.7 Å². The first-order valence-corrected chi connectivity index (χ1v) is 6.72. The van der Waals surface area contributed by atoms with E-state index >= 15 is 0 Å². The molecule has 0 heterocycles. The molecule has 1 atom stereocenters. The number of ether oxygens (including phenoxy) is 1. The number of rotatable bonds is 7. The number of alkyl halides is 1. The summed E-state index contributed by atoms with van der Waals surface area (Å²) in [6.07, 6.45) is 4.21. The molecular weight excluding hydrogens is 263 g/mol. The maximum atomic E-state index is 5.77. The number of hydrogen-bond acceptors (Lipinski definition) is 2. The fraction of sp³-hybridized carbons (Fsp3) is 0.500. The zero-order valence-electron chi connectivity index (χ0n) is 9.03. The third-order valence-electron chi connectivity index (χ3n) is 2.17. The lowest BCUT2D eigenvalue weighted by Crippen LogP contribution is -1.97. The second-order valence-electron chi connectivity index (χ2n) is 3.59. The Bertz CT molecular complexity index is 288. The van der Waals surface area contributed by atoms with Gasteiger partial charge in [-0.15, -0.1) is 11.6 Å². The second kappa shape index (κ2) is 8.10. The van der Waals surface area contributed by atoms with Crippen molar-refractivity contribution >= 4 is 35.8 Å². The minimum absolute atomic E-state index is 0.0165. The highest BCUT2D eigenvalue weighted by Crippen LogP contribution is 2.16. The van der Waals surface area contributed by atoms with Crippen LogP contribution in [-0.4, -0.2) is 11.3 Å². The molecular formula is C12H16Cl2OS. The molecule has 0 saturated heterocycles. The van der Waals surface area contributed by atoms with Crippen LogP contribution in [0.3, 0.4) is 0 Å². The van der Waals surface area contributed by atoms with Crippen molar-refractivity contribution in [2.24, 2.45) is 0 Å². The first kappa shape index (κ1) is 14.0. The van der Waals surface area contributed by atoms with Crippen LogP contribution < -0.4 is 4.74 Å². The molecule has 4 heteroatoms. The van der Waals surface area contributed by atoms with Crippen molar-refractivity contribution < 1.29 is 4.74 Å². The summed E-state index contributed by atoms with van der Waals surface area (Å²) in [4.78, 5) is 0. The average Bonchev–Trinajstić information content (AvgIpc) is 2.25. The largest absolute Gasteiger partial charge is 0.494 e. The van der Waals surface area contributed by atoms with Gasteiger partial charge in [-0.05, 0) is 43.5 Å². The van der Waals surface area contributed by atoms with Gasteiger partial charge in [0.1, 0.15) is 5.75 Å². The lowest BCUT2D eigenvalue weighted by molar-refractivity contribution is 0.305. The number of hydrogen-bond donors (Lipinski definition) is 1. The smallest absolute Gasteiger partial charge is 0.119 e. The van der Waals surface area contributed by atoms with E-state index in [-0.39, 0.29) is 4.71 Å². The van der Waals surface area contributed by atoms with Gasteiger partial charge in [-0.3, -0.25) is 0 Å². The van der Waals surface area contributed by atoms with Gasteiger partial charge in [0.15, 0.2) is 0 Å². The van der Waals surface area contributed by atoms with Crippen molar-refractivity contribution in [3.8, 4) is 5.75 Å². The maximum absolute atomic E-state index is 5.77. The summed E-state index contributed by atoms with van der Waals surface area (Å²) in [5.41, 5.74) is 0. The van der Waals surface area contributed by atoms with Crippen molar-refractivity contribution in [1.82, 2.24) is 0 Å². The van der Waals surface area contributed by atoms with Gasteiger partial charge in [0, 0.05) is 5.02 Å². The van der Waals surface area contributed by atoms with Crippen LogP contribution in [0, 0.1) is 0 Å². The Labute approximate surface area is 112 Å². The SMILES string of the molecule is SC(Cl)CCCCCOc1ccc(Cl)cc1. The highest BCUT2D eigenvalue weighted by molar-refractivity contribution is 7.82. The number of halogens is 2. The Morgan fingerprint density at radius 1 is 1.12 bits per heavy atom. The van der Waals surface area contributed by atoms with E-state index in [1.165, 1.54) is 0 Å². The minimum atomic E-state index is -0.0165. The molecule has 0 radical (unpaired) electrons. The molecule has 1 unspecified atom stereocenters. The lowest BCUT2D eigenvalue weighted by Gasteiger charge is -2.06. The van der Waals surface area contributed by atoms with E-state index < -0.39 is 0 Å². The summed E-state index contributed by atoms with van der Waals surface area (Å²) in [6, 6.07) is 7.42. The van der Waals surface area contributed by atoms with E-state index in [9.17, 15) is 0 Å². The standard InChI is InChI=1S/C12H16Cl2OS/c13-10-5-7-11(8-6-10)15-9-3-1-2-4-12(14)16/h5-8,12,16H,1-4,9H2. The normalized spacial score (nSPS) is 12.4. The number of unbranched alkanes of at least 4 members (excludes halogenated alkanes) is 2. The second-order valence-corrected chi connectivity index (χ2v) is 5.48. The molecule has 0 spiro atoms. The zero-order valence-corrected chi connectivity index (χ0v) is 11.4. The third kappa shape index (κ3) is 6.51. The summed E-state index contributed by atoms with van der Waals surface area (Å²) >= 11 is 15.6. The Morgan fingerprint density at radius 3 is 2.44 bits per heavy atom. The van der Waals surface area contributed by atoms with E-state index in [2.05, 4.69) is 12.6 Å². The summed E-state index contributed by atoms with van der Waals surface area (Å²) in [6.45, 7) is 0.737. The Hall–Kier alpha value is -0.0500. The molecule has 0 N–H and O–H groups in total. The lowest BCUT2D eigenvalue weighted by atomic mass is 10.2. The molecule has 1 aromatic carbocycles. The topological polar surface area (TPSA) is 9.23 Å². The van der Waals surface area contributed by atoms with Gasteiger partial charge in [0.2, 0.25) is 0 Å². The predicted molar refractivity (Wildman–Crippen MR) is 74.0 cm³/mol. The van der Waals surface area contributed by atoms with Gasteiger partial charge in [-0.1, -0.05) is 18.0 Å². The van der Waals surface area contributed by atoms with E-state index in [0.29, 0.717) is 0 Å². The quantitative estimate of drug-likeness (QED) is 0.429. The first-order valence-electron chi connectivity index (χ1n) is 5.39. The predicted octanol–water partition coefficient (Wildman–Crippen LogP) is 4.77. The van der Waals surface area contributed by atoms with Gasteiger partial charge >= 0.3 is 0 Å². The van der Waals surface area contributed by atoms with Crippen LogP contribution >= 0.6 is 35.8 Å². The highest BCUT2D eigenvalue weighted by atomic mass is 35.5.